The number of aliphatic carboxylic acids is 1. The molecule has 0 unspecified atom stereocenters. The Bertz CT molecular complexity index is 625. The van der Waals surface area contributed by atoms with Crippen molar-refractivity contribution in [2.24, 2.45) is 5.92 Å². The number of carboxylic acid groups (broad SMARTS) is 1. The highest BCUT2D eigenvalue weighted by atomic mass is 32.2. The van der Waals surface area contributed by atoms with Gasteiger partial charge in [-0.2, -0.15) is 0 Å². The fraction of sp³-hybridized carbons (Fsp3) is 0.417. The van der Waals surface area contributed by atoms with Gasteiger partial charge in [-0.25, -0.2) is 22.9 Å². The molecule has 0 bridgehead atoms. The minimum absolute atomic E-state index is 0.0805. The zero-order valence-corrected chi connectivity index (χ0v) is 12.6. The molecule has 0 aliphatic heterocycles. The van der Waals surface area contributed by atoms with Crippen LogP contribution in [0.5, 0.6) is 0 Å². The second-order valence-corrected chi connectivity index (χ2v) is 6.46. The Morgan fingerprint density at radius 3 is 2.29 bits per heavy atom. The fourth-order valence-corrected chi connectivity index (χ4v) is 2.16. The van der Waals surface area contributed by atoms with Crippen molar-refractivity contribution in [3.8, 4) is 0 Å². The highest BCUT2D eigenvalue weighted by Gasteiger charge is 2.24. The van der Waals surface area contributed by atoms with Crippen molar-refractivity contribution in [1.29, 1.82) is 0 Å². The molecule has 9 heteroatoms. The smallest absolute Gasteiger partial charge is 0.326 e. The number of aromatic nitrogens is 1. The van der Waals surface area contributed by atoms with Crippen LogP contribution in [0.2, 0.25) is 0 Å². The molecular formula is C12H17N3O5S. The highest BCUT2D eigenvalue weighted by molar-refractivity contribution is 7.89. The molecule has 0 saturated carbocycles. The van der Waals surface area contributed by atoms with Gasteiger partial charge in [0, 0.05) is 6.20 Å². The van der Waals surface area contributed by atoms with Gasteiger partial charge in [0.1, 0.15) is 6.04 Å². The molecule has 3 N–H and O–H groups in total. The van der Waals surface area contributed by atoms with Crippen molar-refractivity contribution in [3.05, 3.63) is 23.9 Å². The van der Waals surface area contributed by atoms with Crippen LogP contribution in [-0.4, -0.2) is 43.5 Å². The summed E-state index contributed by atoms with van der Waals surface area (Å²) >= 11 is 0. The molecule has 1 amide bonds. The van der Waals surface area contributed by atoms with Crippen molar-refractivity contribution < 1.29 is 23.1 Å². The van der Waals surface area contributed by atoms with E-state index in [9.17, 15) is 18.0 Å². The number of carbonyl (C=O) groups is 2. The number of pyridine rings is 1. The number of sulfonamides is 1. The maximum Gasteiger partial charge on any atom is 0.326 e. The average molecular weight is 315 g/mol. The van der Waals surface area contributed by atoms with E-state index in [4.69, 9.17) is 5.11 Å². The van der Waals surface area contributed by atoms with Crippen LogP contribution < -0.4 is 10.0 Å². The number of carbonyl (C=O) groups excluding carboxylic acids is 1. The number of hydrogen-bond donors (Lipinski definition) is 3. The lowest BCUT2D eigenvalue weighted by Crippen LogP contribution is -2.44. The van der Waals surface area contributed by atoms with Gasteiger partial charge in [-0.3, -0.25) is 4.79 Å². The quantitative estimate of drug-likeness (QED) is 0.669. The first-order valence-corrected chi connectivity index (χ1v) is 7.60. The summed E-state index contributed by atoms with van der Waals surface area (Å²) in [4.78, 5) is 26.6. The Kier molecular flexibility index (Phi) is 5.39. The first-order chi connectivity index (χ1) is 9.69. The minimum Gasteiger partial charge on any atom is -0.480 e. The van der Waals surface area contributed by atoms with Crippen molar-refractivity contribution in [2.45, 2.75) is 24.9 Å². The molecule has 116 valence electrons. The molecule has 0 aromatic carbocycles. The Labute approximate surface area is 122 Å². The lowest BCUT2D eigenvalue weighted by Gasteiger charge is -2.17. The van der Waals surface area contributed by atoms with Crippen molar-refractivity contribution in [1.82, 2.24) is 15.0 Å². The van der Waals surface area contributed by atoms with Crippen LogP contribution in [-0.2, 0) is 14.8 Å². The fourth-order valence-electron chi connectivity index (χ4n) is 1.52. The maximum absolute atomic E-state index is 11.9. The third-order valence-corrected chi connectivity index (χ3v) is 4.09. The van der Waals surface area contributed by atoms with E-state index in [1.807, 2.05) is 0 Å². The molecule has 0 fully saturated rings. The van der Waals surface area contributed by atoms with E-state index in [2.05, 4.69) is 15.0 Å². The summed E-state index contributed by atoms with van der Waals surface area (Å²) < 4.78 is 25.1. The van der Waals surface area contributed by atoms with Crippen molar-refractivity contribution in [3.63, 3.8) is 0 Å². The summed E-state index contributed by atoms with van der Waals surface area (Å²) in [6, 6.07) is 1.41. The second kappa shape index (κ2) is 6.64. The van der Waals surface area contributed by atoms with Crippen LogP contribution in [0.15, 0.2) is 23.4 Å². The largest absolute Gasteiger partial charge is 0.480 e. The predicted octanol–water partition coefficient (Wildman–Crippen LogP) is -0.171. The van der Waals surface area contributed by atoms with Crippen LogP contribution in [0, 0.1) is 5.92 Å². The third kappa shape index (κ3) is 4.23. The minimum atomic E-state index is -3.68. The molecule has 0 spiro atoms. The second-order valence-electron chi connectivity index (χ2n) is 4.63. The van der Waals surface area contributed by atoms with Gasteiger partial charge in [0.25, 0.3) is 15.9 Å². The standard InChI is InChI=1S/C12H17N3O5S/c1-7(2)10(12(17)18)15-11(16)8-4-5-9(14-6-8)21(19,20)13-3/h4-7,10,13H,1-3H3,(H,15,16)(H,17,18)/t10-/m1/s1. The van der Waals surface area contributed by atoms with E-state index in [1.54, 1.807) is 13.8 Å². The summed E-state index contributed by atoms with van der Waals surface area (Å²) in [5, 5.41) is 11.1. The van der Waals surface area contributed by atoms with Crippen LogP contribution >= 0.6 is 0 Å². The molecule has 1 rings (SSSR count). The van der Waals surface area contributed by atoms with Crippen LogP contribution in [0.4, 0.5) is 0 Å². The molecule has 1 aromatic heterocycles. The highest BCUT2D eigenvalue weighted by Crippen LogP contribution is 2.08. The summed E-state index contributed by atoms with van der Waals surface area (Å²) in [5.74, 6) is -2.05. The molecule has 1 atom stereocenters. The van der Waals surface area contributed by atoms with E-state index in [0.717, 1.165) is 6.20 Å². The zero-order valence-electron chi connectivity index (χ0n) is 11.8. The van der Waals surface area contributed by atoms with Gasteiger partial charge in [-0.05, 0) is 25.1 Å². The number of amides is 1. The Hall–Kier alpha value is -2.00. The summed E-state index contributed by atoms with van der Waals surface area (Å²) in [6.45, 7) is 3.33. The van der Waals surface area contributed by atoms with E-state index >= 15 is 0 Å². The van der Waals surface area contributed by atoms with Gasteiger partial charge in [0.2, 0.25) is 0 Å². The lowest BCUT2D eigenvalue weighted by atomic mass is 10.0. The third-order valence-electron chi connectivity index (χ3n) is 2.76. The summed E-state index contributed by atoms with van der Waals surface area (Å²) in [7, 11) is -2.43. The topological polar surface area (TPSA) is 125 Å². The Balaban J connectivity index is 2.92. The van der Waals surface area contributed by atoms with Gasteiger partial charge in [-0.15, -0.1) is 0 Å². The number of nitrogens with one attached hydrogen (secondary N) is 2. The number of rotatable bonds is 6. The molecule has 1 aromatic rings. The molecule has 21 heavy (non-hydrogen) atoms. The monoisotopic (exact) mass is 315 g/mol. The molecule has 8 nitrogen and oxygen atoms in total. The normalized spacial score (nSPS) is 13.0. The van der Waals surface area contributed by atoms with Gasteiger partial charge in [0.15, 0.2) is 5.03 Å². The molecule has 0 saturated heterocycles. The summed E-state index contributed by atoms with van der Waals surface area (Å²) in [5.41, 5.74) is 0.0805. The van der Waals surface area contributed by atoms with E-state index in [-0.39, 0.29) is 16.5 Å². The van der Waals surface area contributed by atoms with E-state index in [1.165, 1.54) is 19.2 Å². The molecule has 1 heterocycles. The van der Waals surface area contributed by atoms with Crippen LogP contribution in [0.25, 0.3) is 0 Å². The first-order valence-electron chi connectivity index (χ1n) is 6.12. The lowest BCUT2D eigenvalue weighted by molar-refractivity contribution is -0.140. The number of hydrogen-bond acceptors (Lipinski definition) is 5. The molecule has 0 aliphatic carbocycles. The van der Waals surface area contributed by atoms with Crippen molar-refractivity contribution >= 4 is 21.9 Å². The van der Waals surface area contributed by atoms with Crippen LogP contribution in [0.1, 0.15) is 24.2 Å². The predicted molar refractivity (Wildman–Crippen MR) is 74.2 cm³/mol. The van der Waals surface area contributed by atoms with Crippen molar-refractivity contribution in [2.75, 3.05) is 7.05 Å². The number of nitrogens with zero attached hydrogens (tertiary/aromatic N) is 1. The zero-order chi connectivity index (χ0) is 16.2. The Morgan fingerprint density at radius 1 is 1.29 bits per heavy atom. The SMILES string of the molecule is CNS(=O)(=O)c1ccc(C(=O)N[C@@H](C(=O)O)C(C)C)cn1. The Morgan fingerprint density at radius 2 is 1.90 bits per heavy atom. The number of carboxylic acids is 1. The molecule has 0 aliphatic rings. The van der Waals surface area contributed by atoms with Gasteiger partial charge >= 0.3 is 5.97 Å². The maximum atomic E-state index is 11.9. The molecular weight excluding hydrogens is 298 g/mol. The van der Waals surface area contributed by atoms with Gasteiger partial charge in [-0.1, -0.05) is 13.8 Å². The van der Waals surface area contributed by atoms with E-state index in [0.29, 0.717) is 0 Å². The van der Waals surface area contributed by atoms with Gasteiger partial charge < -0.3 is 10.4 Å². The molecule has 0 radical (unpaired) electrons. The average Bonchev–Trinajstić information content (AvgIpc) is 2.43. The van der Waals surface area contributed by atoms with E-state index < -0.39 is 27.9 Å². The van der Waals surface area contributed by atoms with Crippen LogP contribution in [0.3, 0.4) is 0 Å². The summed E-state index contributed by atoms with van der Waals surface area (Å²) in [6.07, 6.45) is 1.08. The first kappa shape index (κ1) is 17.1. The van der Waals surface area contributed by atoms with Gasteiger partial charge in [0.05, 0.1) is 5.56 Å².